The number of rotatable bonds is 2. The van der Waals surface area contributed by atoms with Crippen molar-refractivity contribution in [2.75, 3.05) is 5.73 Å². The molecule has 1 aromatic heterocycles. The minimum absolute atomic E-state index is 0.198. The highest BCUT2D eigenvalue weighted by molar-refractivity contribution is 5.82. The molecule has 1 atom stereocenters. The molecule has 2 nitrogen and oxygen atoms in total. The topological polar surface area (TPSA) is 38.9 Å². The molecule has 0 spiro atoms. The Bertz CT molecular complexity index is 896. The highest BCUT2D eigenvalue weighted by Gasteiger charge is 2.23. The summed E-state index contributed by atoms with van der Waals surface area (Å²) in [6, 6.07) is 19.1. The van der Waals surface area contributed by atoms with Gasteiger partial charge in [0, 0.05) is 29.4 Å². The van der Waals surface area contributed by atoms with E-state index in [0.717, 1.165) is 23.5 Å². The molecule has 2 N–H and O–H groups in total. The predicted molar refractivity (Wildman–Crippen MR) is 95.6 cm³/mol. The van der Waals surface area contributed by atoms with E-state index in [0.29, 0.717) is 0 Å². The molecule has 2 heteroatoms. The van der Waals surface area contributed by atoms with Crippen LogP contribution in [0.15, 0.2) is 54.6 Å². The molecule has 0 radical (unpaired) electrons. The fourth-order valence-electron chi connectivity index (χ4n) is 3.60. The monoisotopic (exact) mass is 300 g/mol. The molecule has 1 heterocycles. The van der Waals surface area contributed by atoms with Crippen LogP contribution in [-0.2, 0) is 6.42 Å². The fourth-order valence-corrected chi connectivity index (χ4v) is 3.60. The van der Waals surface area contributed by atoms with Crippen LogP contribution in [-0.4, -0.2) is 4.98 Å². The van der Waals surface area contributed by atoms with Crippen molar-refractivity contribution in [1.29, 1.82) is 0 Å². The molecular formula is C21H20N2. The molecule has 3 aromatic rings. The Morgan fingerprint density at radius 1 is 0.957 bits per heavy atom. The Morgan fingerprint density at radius 3 is 2.61 bits per heavy atom. The maximum atomic E-state index is 6.56. The van der Waals surface area contributed by atoms with Crippen molar-refractivity contribution < 1.29 is 0 Å². The van der Waals surface area contributed by atoms with E-state index in [-0.39, 0.29) is 5.92 Å². The van der Waals surface area contributed by atoms with Crippen LogP contribution < -0.4 is 5.73 Å². The second-order valence-corrected chi connectivity index (χ2v) is 6.35. The van der Waals surface area contributed by atoms with Gasteiger partial charge in [-0.15, -0.1) is 0 Å². The SMILES string of the molecule is Cc1cccc([C@@H](C)c2ccc3c(c2N)Cc2ccccc2-3)n1. The summed E-state index contributed by atoms with van der Waals surface area (Å²) < 4.78 is 0. The number of fused-ring (bicyclic) bond motifs is 3. The average Bonchev–Trinajstić information content (AvgIpc) is 2.94. The van der Waals surface area contributed by atoms with Crippen molar-refractivity contribution in [3.63, 3.8) is 0 Å². The molecule has 1 aliphatic carbocycles. The summed E-state index contributed by atoms with van der Waals surface area (Å²) in [6.07, 6.45) is 0.930. The number of anilines is 1. The number of aryl methyl sites for hydroxylation is 1. The van der Waals surface area contributed by atoms with Gasteiger partial charge in [-0.05, 0) is 46.9 Å². The largest absolute Gasteiger partial charge is 0.398 e. The molecule has 23 heavy (non-hydrogen) atoms. The smallest absolute Gasteiger partial charge is 0.0479 e. The van der Waals surface area contributed by atoms with Crippen molar-refractivity contribution in [3.05, 3.63) is 82.7 Å². The lowest BCUT2D eigenvalue weighted by Gasteiger charge is -2.17. The Hall–Kier alpha value is -2.61. The van der Waals surface area contributed by atoms with Crippen molar-refractivity contribution in [1.82, 2.24) is 4.98 Å². The maximum absolute atomic E-state index is 6.56. The zero-order valence-electron chi connectivity index (χ0n) is 13.5. The summed E-state index contributed by atoms with van der Waals surface area (Å²) in [5.41, 5.74) is 16.0. The van der Waals surface area contributed by atoms with Gasteiger partial charge in [0.25, 0.3) is 0 Å². The molecule has 0 bridgehead atoms. The molecule has 0 saturated carbocycles. The molecule has 4 rings (SSSR count). The van der Waals surface area contributed by atoms with Crippen LogP contribution in [0.5, 0.6) is 0 Å². The minimum Gasteiger partial charge on any atom is -0.398 e. The number of pyridine rings is 1. The van der Waals surface area contributed by atoms with Crippen molar-refractivity contribution in [2.24, 2.45) is 0 Å². The van der Waals surface area contributed by atoms with Crippen LogP contribution in [0.1, 0.15) is 40.9 Å². The van der Waals surface area contributed by atoms with Gasteiger partial charge in [0.05, 0.1) is 0 Å². The Labute approximate surface area is 137 Å². The lowest BCUT2D eigenvalue weighted by molar-refractivity contribution is 0.863. The minimum atomic E-state index is 0.198. The highest BCUT2D eigenvalue weighted by Crippen LogP contribution is 2.42. The van der Waals surface area contributed by atoms with Crippen LogP contribution >= 0.6 is 0 Å². The Kier molecular flexibility index (Phi) is 3.19. The standard InChI is InChI=1S/C21H20N2/c1-13-6-5-9-20(23-13)14(2)16-10-11-18-17-8-4-3-7-15(17)12-19(18)21(16)22/h3-11,14H,12,22H2,1-2H3/t14-/m0/s1. The number of nitrogen functional groups attached to an aromatic ring is 1. The van der Waals surface area contributed by atoms with Crippen molar-refractivity contribution in [2.45, 2.75) is 26.2 Å². The molecule has 0 amide bonds. The summed E-state index contributed by atoms with van der Waals surface area (Å²) in [5.74, 6) is 0.198. The zero-order chi connectivity index (χ0) is 16.0. The van der Waals surface area contributed by atoms with E-state index in [2.05, 4.69) is 60.4 Å². The molecule has 114 valence electrons. The molecule has 1 aliphatic rings. The third-order valence-corrected chi connectivity index (χ3v) is 4.89. The van der Waals surface area contributed by atoms with E-state index in [4.69, 9.17) is 5.73 Å². The van der Waals surface area contributed by atoms with Gasteiger partial charge in [-0.2, -0.15) is 0 Å². The van der Waals surface area contributed by atoms with E-state index in [9.17, 15) is 0 Å². The predicted octanol–water partition coefficient (Wildman–Crippen LogP) is 4.70. The highest BCUT2D eigenvalue weighted by atomic mass is 14.7. The molecular weight excluding hydrogens is 280 g/mol. The van der Waals surface area contributed by atoms with Gasteiger partial charge in [0.1, 0.15) is 0 Å². The second-order valence-electron chi connectivity index (χ2n) is 6.35. The molecule has 0 fully saturated rings. The summed E-state index contributed by atoms with van der Waals surface area (Å²) in [7, 11) is 0. The number of nitrogens with two attached hydrogens (primary N) is 1. The third-order valence-electron chi connectivity index (χ3n) is 4.89. The van der Waals surface area contributed by atoms with E-state index in [1.165, 1.54) is 27.8 Å². The number of benzene rings is 2. The first-order chi connectivity index (χ1) is 11.1. The summed E-state index contributed by atoms with van der Waals surface area (Å²) >= 11 is 0. The van der Waals surface area contributed by atoms with Crippen LogP contribution in [0.25, 0.3) is 11.1 Å². The molecule has 0 aliphatic heterocycles. The fraction of sp³-hybridized carbons (Fsp3) is 0.190. The summed E-state index contributed by atoms with van der Waals surface area (Å²) in [4.78, 5) is 4.67. The quantitative estimate of drug-likeness (QED) is 0.545. The Balaban J connectivity index is 1.80. The van der Waals surface area contributed by atoms with E-state index >= 15 is 0 Å². The third kappa shape index (κ3) is 2.22. The van der Waals surface area contributed by atoms with E-state index < -0.39 is 0 Å². The van der Waals surface area contributed by atoms with Crippen LogP contribution in [0.3, 0.4) is 0 Å². The number of hydrogen-bond acceptors (Lipinski definition) is 2. The van der Waals surface area contributed by atoms with E-state index in [1.54, 1.807) is 0 Å². The summed E-state index contributed by atoms with van der Waals surface area (Å²) in [6.45, 7) is 4.21. The van der Waals surface area contributed by atoms with Crippen LogP contribution in [0, 0.1) is 6.92 Å². The van der Waals surface area contributed by atoms with Gasteiger partial charge in [-0.1, -0.05) is 49.4 Å². The first kappa shape index (κ1) is 14.0. The first-order valence-electron chi connectivity index (χ1n) is 8.08. The van der Waals surface area contributed by atoms with Crippen molar-refractivity contribution in [3.8, 4) is 11.1 Å². The van der Waals surface area contributed by atoms with E-state index in [1.807, 2.05) is 13.0 Å². The normalized spacial score (nSPS) is 13.5. The zero-order valence-corrected chi connectivity index (χ0v) is 13.5. The van der Waals surface area contributed by atoms with Gasteiger partial charge in [0.15, 0.2) is 0 Å². The number of hydrogen-bond donors (Lipinski definition) is 1. The van der Waals surface area contributed by atoms with Gasteiger partial charge in [0.2, 0.25) is 0 Å². The van der Waals surface area contributed by atoms with Crippen LogP contribution in [0.2, 0.25) is 0 Å². The van der Waals surface area contributed by atoms with Crippen LogP contribution in [0.4, 0.5) is 5.69 Å². The van der Waals surface area contributed by atoms with Gasteiger partial charge in [-0.25, -0.2) is 0 Å². The molecule has 0 unspecified atom stereocenters. The lowest BCUT2D eigenvalue weighted by atomic mass is 9.91. The molecule has 0 saturated heterocycles. The second kappa shape index (κ2) is 5.24. The lowest BCUT2D eigenvalue weighted by Crippen LogP contribution is -2.06. The average molecular weight is 300 g/mol. The van der Waals surface area contributed by atoms with Gasteiger partial charge in [-0.3, -0.25) is 4.98 Å². The Morgan fingerprint density at radius 2 is 1.78 bits per heavy atom. The van der Waals surface area contributed by atoms with Gasteiger partial charge >= 0.3 is 0 Å². The number of aromatic nitrogens is 1. The summed E-state index contributed by atoms with van der Waals surface area (Å²) in [5, 5.41) is 0. The van der Waals surface area contributed by atoms with Crippen molar-refractivity contribution >= 4 is 5.69 Å². The first-order valence-corrected chi connectivity index (χ1v) is 8.08. The maximum Gasteiger partial charge on any atom is 0.0479 e. The molecule has 2 aromatic carbocycles. The van der Waals surface area contributed by atoms with Gasteiger partial charge < -0.3 is 5.73 Å². The number of nitrogens with zero attached hydrogens (tertiary/aromatic N) is 1.